The maximum atomic E-state index is 12.4. The quantitative estimate of drug-likeness (QED) is 0.101. The molecule has 0 aliphatic heterocycles. The van der Waals surface area contributed by atoms with Crippen LogP contribution in [0.15, 0.2) is 72.9 Å². The van der Waals surface area contributed by atoms with Gasteiger partial charge in [-0.25, -0.2) is 19.2 Å². The zero-order valence-corrected chi connectivity index (χ0v) is 26.7. The van der Waals surface area contributed by atoms with Gasteiger partial charge in [0.1, 0.15) is 23.7 Å². The van der Waals surface area contributed by atoms with Crippen LogP contribution in [0.25, 0.3) is 12.2 Å². The summed E-state index contributed by atoms with van der Waals surface area (Å²) >= 11 is 0. The highest BCUT2D eigenvalue weighted by molar-refractivity contribution is 5.88. The maximum Gasteiger partial charge on any atom is 0.335 e. The van der Waals surface area contributed by atoms with E-state index in [1.54, 1.807) is 62.4 Å². The van der Waals surface area contributed by atoms with E-state index in [4.69, 9.17) is 28.4 Å². The predicted octanol–water partition coefficient (Wildman–Crippen LogP) is 6.34. The number of hydrogen-bond donors (Lipinski definition) is 0. The fourth-order valence-corrected chi connectivity index (χ4v) is 4.39. The Morgan fingerprint density at radius 2 is 1.04 bits per heavy atom. The van der Waals surface area contributed by atoms with Crippen LogP contribution in [-0.4, -0.2) is 49.7 Å². The van der Waals surface area contributed by atoms with Crippen LogP contribution in [0.3, 0.4) is 0 Å². The molecule has 0 heterocycles. The second kappa shape index (κ2) is 17.4. The Morgan fingerprint density at radius 1 is 0.674 bits per heavy atom. The number of carbonyl (C=O) groups is 4. The van der Waals surface area contributed by atoms with Crippen molar-refractivity contribution in [1.82, 2.24) is 0 Å². The van der Waals surface area contributed by atoms with Crippen molar-refractivity contribution >= 4 is 36.0 Å². The maximum absolute atomic E-state index is 12.4. The van der Waals surface area contributed by atoms with E-state index in [1.807, 2.05) is 13.8 Å². The van der Waals surface area contributed by atoms with E-state index in [0.717, 1.165) is 22.3 Å². The van der Waals surface area contributed by atoms with E-state index in [0.29, 0.717) is 37.2 Å². The van der Waals surface area contributed by atoms with Crippen molar-refractivity contribution in [3.05, 3.63) is 95.1 Å². The van der Waals surface area contributed by atoms with Crippen molar-refractivity contribution in [3.63, 3.8) is 0 Å². The zero-order valence-electron chi connectivity index (χ0n) is 26.7. The molecule has 0 bridgehead atoms. The number of rotatable bonds is 14. The Morgan fingerprint density at radius 3 is 1.37 bits per heavy atom. The Kier molecular flexibility index (Phi) is 13.4. The van der Waals surface area contributed by atoms with Gasteiger partial charge in [0.2, 0.25) is 13.6 Å². The summed E-state index contributed by atoms with van der Waals surface area (Å²) in [5, 5.41) is 0. The molecule has 1 aliphatic rings. The van der Waals surface area contributed by atoms with Crippen molar-refractivity contribution in [3.8, 4) is 11.5 Å². The Labute approximate surface area is 269 Å². The molecule has 0 aromatic heterocycles. The van der Waals surface area contributed by atoms with Crippen molar-refractivity contribution in [2.75, 3.05) is 13.6 Å². The van der Waals surface area contributed by atoms with Crippen molar-refractivity contribution in [1.29, 1.82) is 0 Å². The minimum absolute atomic E-state index is 0.227. The van der Waals surface area contributed by atoms with E-state index in [2.05, 4.69) is 13.2 Å². The van der Waals surface area contributed by atoms with Crippen molar-refractivity contribution < 1.29 is 47.6 Å². The molecule has 0 radical (unpaired) electrons. The molecule has 1 fully saturated rings. The molecule has 10 heteroatoms. The predicted molar refractivity (Wildman–Crippen MR) is 171 cm³/mol. The van der Waals surface area contributed by atoms with E-state index in [-0.39, 0.29) is 36.9 Å². The van der Waals surface area contributed by atoms with Crippen LogP contribution >= 0.6 is 0 Å². The van der Waals surface area contributed by atoms with Gasteiger partial charge in [-0.15, -0.1) is 0 Å². The normalized spacial score (nSPS) is 16.0. The highest BCUT2D eigenvalue weighted by Crippen LogP contribution is 2.25. The van der Waals surface area contributed by atoms with Gasteiger partial charge in [-0.3, -0.25) is 0 Å². The largest absolute Gasteiger partial charge is 0.459 e. The number of aryl methyl sites for hydroxylation is 2. The Bertz CT molecular complexity index is 1400. The molecule has 10 nitrogen and oxygen atoms in total. The summed E-state index contributed by atoms with van der Waals surface area (Å²) in [4.78, 5) is 47.8. The molecule has 1 saturated carbocycles. The molecule has 1 aliphatic carbocycles. The molecule has 0 N–H and O–H groups in total. The van der Waals surface area contributed by atoms with E-state index < -0.39 is 23.9 Å². The summed E-state index contributed by atoms with van der Waals surface area (Å²) in [6.45, 7) is 13.4. The van der Waals surface area contributed by atoms with E-state index in [1.165, 1.54) is 12.2 Å². The molecule has 0 saturated heterocycles. The lowest BCUT2D eigenvalue weighted by molar-refractivity contribution is -0.151. The van der Waals surface area contributed by atoms with Gasteiger partial charge in [-0.05, 0) is 112 Å². The molecule has 0 amide bonds. The topological polar surface area (TPSA) is 124 Å². The van der Waals surface area contributed by atoms with Crippen LogP contribution in [0.2, 0.25) is 0 Å². The lowest BCUT2D eigenvalue weighted by atomic mass is 9.95. The number of hydrogen-bond acceptors (Lipinski definition) is 10. The van der Waals surface area contributed by atoms with Gasteiger partial charge < -0.3 is 28.4 Å². The van der Waals surface area contributed by atoms with Gasteiger partial charge in [-0.2, -0.15) is 0 Å². The highest BCUT2D eigenvalue weighted by Gasteiger charge is 2.25. The molecule has 3 rings (SSSR count). The molecular weight excluding hydrogens is 592 g/mol. The average Bonchev–Trinajstić information content (AvgIpc) is 3.01. The third kappa shape index (κ3) is 11.8. The van der Waals surface area contributed by atoms with Gasteiger partial charge >= 0.3 is 23.9 Å². The third-order valence-corrected chi connectivity index (χ3v) is 7.00. The van der Waals surface area contributed by atoms with Crippen LogP contribution in [0.1, 0.15) is 61.8 Å². The fraction of sp³-hybridized carbons (Fsp3) is 0.333. The van der Waals surface area contributed by atoms with E-state index >= 15 is 0 Å². The smallest absolute Gasteiger partial charge is 0.335 e. The van der Waals surface area contributed by atoms with Gasteiger partial charge in [-0.1, -0.05) is 25.3 Å². The van der Waals surface area contributed by atoms with Crippen LogP contribution in [0.5, 0.6) is 11.5 Å². The first kappa shape index (κ1) is 35.4. The number of carbonyl (C=O) groups excluding carboxylic acids is 4. The first-order valence-corrected chi connectivity index (χ1v) is 14.8. The molecule has 0 spiro atoms. The second-order valence-electron chi connectivity index (χ2n) is 10.9. The number of esters is 4. The standard InChI is InChI=1S/C36H40O10/c1-23(2)35(39)43-21-41-31-11-7-27(25(5)19-31)9-17-33(37)45-29-13-15-30(16-14-29)46-34(38)18-10-28-8-12-32(20-26(28)6)42-22-44-36(40)24(3)4/h7-12,17-20,29-30H,1,3,13-16,21-22H2,2,4-6H3/b17-9-,18-10-. The second-order valence-corrected chi connectivity index (χ2v) is 10.9. The SMILES string of the molecule is C=C(C)C(=O)OCOc1ccc(/C=C\C(=O)OC2CCC(OC(=O)/C=C\c3ccc(OCOC(=O)C(=C)C)cc3C)CC2)c(C)c1. The van der Waals surface area contributed by atoms with Gasteiger partial charge in [0.25, 0.3) is 0 Å². The average molecular weight is 633 g/mol. The van der Waals surface area contributed by atoms with Crippen molar-refractivity contribution in [2.45, 2.75) is 65.6 Å². The first-order chi connectivity index (χ1) is 21.9. The minimum atomic E-state index is -0.526. The Balaban J connectivity index is 1.38. The molecule has 0 unspecified atom stereocenters. The monoisotopic (exact) mass is 632 g/mol. The molecule has 0 atom stereocenters. The zero-order chi connectivity index (χ0) is 33.6. The fourth-order valence-electron chi connectivity index (χ4n) is 4.39. The van der Waals surface area contributed by atoms with Gasteiger partial charge in [0.05, 0.1) is 0 Å². The molecule has 46 heavy (non-hydrogen) atoms. The van der Waals surface area contributed by atoms with Gasteiger partial charge in [0.15, 0.2) is 0 Å². The number of ether oxygens (including phenoxy) is 6. The first-order valence-electron chi connectivity index (χ1n) is 14.8. The lowest BCUT2D eigenvalue weighted by Gasteiger charge is -2.27. The van der Waals surface area contributed by atoms with Crippen LogP contribution in [0, 0.1) is 13.8 Å². The van der Waals surface area contributed by atoms with Crippen LogP contribution in [-0.2, 0) is 38.1 Å². The summed E-state index contributed by atoms with van der Waals surface area (Å²) in [5.41, 5.74) is 3.93. The summed E-state index contributed by atoms with van der Waals surface area (Å²) in [5.74, 6) is -0.904. The molecule has 2 aromatic carbocycles. The Hall–Kier alpha value is -5.12. The van der Waals surface area contributed by atoms with Crippen molar-refractivity contribution in [2.24, 2.45) is 0 Å². The molecule has 244 valence electrons. The summed E-state index contributed by atoms with van der Waals surface area (Å²) in [6.07, 6.45) is 7.95. The summed E-state index contributed by atoms with van der Waals surface area (Å²) in [7, 11) is 0. The van der Waals surface area contributed by atoms with E-state index in [9.17, 15) is 19.2 Å². The molecule has 2 aromatic rings. The number of benzene rings is 2. The van der Waals surface area contributed by atoms with Gasteiger partial charge in [0, 0.05) is 23.3 Å². The van der Waals surface area contributed by atoms with Crippen LogP contribution in [0.4, 0.5) is 0 Å². The highest BCUT2D eigenvalue weighted by atomic mass is 16.7. The minimum Gasteiger partial charge on any atom is -0.459 e. The lowest BCUT2D eigenvalue weighted by Crippen LogP contribution is -2.29. The summed E-state index contributed by atoms with van der Waals surface area (Å²) < 4.78 is 31.9. The third-order valence-electron chi connectivity index (χ3n) is 7.00. The van der Waals surface area contributed by atoms with Crippen LogP contribution < -0.4 is 9.47 Å². The molecular formula is C36H40O10. The summed E-state index contributed by atoms with van der Waals surface area (Å²) in [6, 6.07) is 10.6.